The van der Waals surface area contributed by atoms with E-state index in [0.29, 0.717) is 0 Å². The number of carbonyl (C=O) groups is 1. The smallest absolute Gasteiger partial charge is 0.307 e. The Morgan fingerprint density at radius 2 is 2.20 bits per heavy atom. The van der Waals surface area contributed by atoms with Gasteiger partial charge in [0.05, 0.1) is 12.0 Å². The Kier molecular flexibility index (Phi) is 3.67. The van der Waals surface area contributed by atoms with Crippen LogP contribution in [0.3, 0.4) is 0 Å². The highest BCUT2D eigenvalue weighted by Crippen LogP contribution is 2.31. The average Bonchev–Trinajstić information content (AvgIpc) is 2.09. The predicted molar refractivity (Wildman–Crippen MR) is 48.2 cm³/mol. The first-order valence-corrected chi connectivity index (χ1v) is 4.55. The average molecular weight is 284 g/mol. The summed E-state index contributed by atoms with van der Waals surface area (Å²) < 4.78 is 37.3. The molecule has 7 heteroatoms. The summed E-state index contributed by atoms with van der Waals surface area (Å²) in [4.78, 5) is 13.4. The molecule has 0 saturated heterocycles. The minimum atomic E-state index is -3.04. The Morgan fingerprint density at radius 1 is 1.60 bits per heavy atom. The third-order valence-corrected chi connectivity index (χ3v) is 2.57. The van der Waals surface area contributed by atoms with Gasteiger partial charge >= 0.3 is 5.97 Å². The Bertz CT molecular complexity index is 398. The van der Waals surface area contributed by atoms with Crippen molar-refractivity contribution in [2.24, 2.45) is 0 Å². The van der Waals surface area contributed by atoms with Crippen molar-refractivity contribution in [1.29, 1.82) is 0 Å². The molecule has 15 heavy (non-hydrogen) atoms. The van der Waals surface area contributed by atoms with E-state index in [2.05, 4.69) is 20.9 Å². The number of pyridine rings is 1. The number of rotatable bonds is 3. The molecule has 0 amide bonds. The van der Waals surface area contributed by atoms with Gasteiger partial charge < -0.3 is 5.11 Å². The van der Waals surface area contributed by atoms with Gasteiger partial charge in [0.25, 0.3) is 6.43 Å². The molecule has 0 saturated carbocycles. The summed E-state index contributed by atoms with van der Waals surface area (Å²) in [6, 6.07) is 0. The second-order valence-electron chi connectivity index (χ2n) is 2.67. The van der Waals surface area contributed by atoms with Gasteiger partial charge in [0.15, 0.2) is 0 Å². The normalized spacial score (nSPS) is 10.7. The molecule has 0 aliphatic rings. The van der Waals surface area contributed by atoms with Crippen LogP contribution in [0.15, 0.2) is 10.7 Å². The Hall–Kier alpha value is -1.11. The SMILES string of the molecule is O=C(O)Cc1cnc(F)c(C(F)F)c1Br. The number of nitrogens with zero attached hydrogens (tertiary/aromatic N) is 1. The van der Waals surface area contributed by atoms with Gasteiger partial charge in [-0.25, -0.2) is 13.8 Å². The molecule has 82 valence electrons. The molecule has 0 fully saturated rings. The Labute approximate surface area is 91.1 Å². The lowest BCUT2D eigenvalue weighted by atomic mass is 10.1. The van der Waals surface area contributed by atoms with E-state index in [1.165, 1.54) is 0 Å². The zero-order valence-electron chi connectivity index (χ0n) is 7.18. The second-order valence-corrected chi connectivity index (χ2v) is 3.47. The molecule has 0 aliphatic carbocycles. The molecular weight excluding hydrogens is 279 g/mol. The Balaban J connectivity index is 3.22. The van der Waals surface area contributed by atoms with Crippen molar-refractivity contribution < 1.29 is 23.1 Å². The highest BCUT2D eigenvalue weighted by atomic mass is 79.9. The van der Waals surface area contributed by atoms with Crippen LogP contribution in [0.1, 0.15) is 17.6 Å². The van der Waals surface area contributed by atoms with Crippen LogP contribution >= 0.6 is 15.9 Å². The lowest BCUT2D eigenvalue weighted by Crippen LogP contribution is -2.05. The van der Waals surface area contributed by atoms with Crippen molar-refractivity contribution in [3.05, 3.63) is 27.7 Å². The quantitative estimate of drug-likeness (QED) is 0.868. The van der Waals surface area contributed by atoms with Gasteiger partial charge in [-0.2, -0.15) is 4.39 Å². The van der Waals surface area contributed by atoms with Crippen LogP contribution in [0.4, 0.5) is 13.2 Å². The number of aliphatic carboxylic acids is 1. The maximum absolute atomic E-state index is 12.9. The maximum Gasteiger partial charge on any atom is 0.307 e. The van der Waals surface area contributed by atoms with Crippen LogP contribution in [0.25, 0.3) is 0 Å². The van der Waals surface area contributed by atoms with E-state index in [4.69, 9.17) is 5.11 Å². The van der Waals surface area contributed by atoms with Crippen molar-refractivity contribution >= 4 is 21.9 Å². The molecule has 0 unspecified atom stereocenters. The predicted octanol–water partition coefficient (Wildman–Crippen LogP) is 2.55. The summed E-state index contributed by atoms with van der Waals surface area (Å²) in [6.07, 6.45) is -2.62. The van der Waals surface area contributed by atoms with E-state index >= 15 is 0 Å². The molecule has 0 aromatic carbocycles. The number of halogens is 4. The van der Waals surface area contributed by atoms with E-state index in [-0.39, 0.29) is 10.0 Å². The van der Waals surface area contributed by atoms with Gasteiger partial charge in [0, 0.05) is 10.7 Å². The minimum Gasteiger partial charge on any atom is -0.481 e. The van der Waals surface area contributed by atoms with Crippen LogP contribution in [0.2, 0.25) is 0 Å². The van der Waals surface area contributed by atoms with Crippen molar-refractivity contribution in [2.45, 2.75) is 12.8 Å². The molecule has 1 aromatic heterocycles. The standard InChI is InChI=1S/C8H5BrF3NO2/c9-6-3(1-4(14)15)2-13-8(12)5(6)7(10)11/h2,7H,1H2,(H,14,15). The molecule has 0 atom stereocenters. The van der Waals surface area contributed by atoms with E-state index in [9.17, 15) is 18.0 Å². The largest absolute Gasteiger partial charge is 0.481 e. The first kappa shape index (κ1) is 12.0. The lowest BCUT2D eigenvalue weighted by Gasteiger charge is -2.07. The summed E-state index contributed by atoms with van der Waals surface area (Å²) >= 11 is 2.74. The van der Waals surface area contributed by atoms with Gasteiger partial charge in [0.1, 0.15) is 0 Å². The first-order chi connectivity index (χ1) is 6.93. The van der Waals surface area contributed by atoms with Gasteiger partial charge in [-0.05, 0) is 21.5 Å². The molecule has 0 spiro atoms. The number of alkyl halides is 2. The van der Waals surface area contributed by atoms with Crippen LogP contribution in [0.5, 0.6) is 0 Å². The zero-order chi connectivity index (χ0) is 11.6. The summed E-state index contributed by atoms with van der Waals surface area (Å²) in [5, 5.41) is 8.46. The molecule has 1 N–H and O–H groups in total. The summed E-state index contributed by atoms with van der Waals surface area (Å²) in [5.74, 6) is -2.50. The second kappa shape index (κ2) is 4.61. The first-order valence-electron chi connectivity index (χ1n) is 3.76. The molecule has 1 heterocycles. The maximum atomic E-state index is 12.9. The van der Waals surface area contributed by atoms with Gasteiger partial charge in [-0.1, -0.05) is 0 Å². The van der Waals surface area contributed by atoms with E-state index in [1.807, 2.05) is 0 Å². The number of carboxylic acids is 1. The number of aromatic nitrogens is 1. The number of carboxylic acid groups (broad SMARTS) is 1. The summed E-state index contributed by atoms with van der Waals surface area (Å²) in [7, 11) is 0. The highest BCUT2D eigenvalue weighted by molar-refractivity contribution is 9.10. The monoisotopic (exact) mass is 283 g/mol. The van der Waals surface area contributed by atoms with Crippen LogP contribution < -0.4 is 0 Å². The van der Waals surface area contributed by atoms with Gasteiger partial charge in [-0.15, -0.1) is 0 Å². The van der Waals surface area contributed by atoms with Crippen molar-refractivity contribution in [3.8, 4) is 0 Å². The fourth-order valence-electron chi connectivity index (χ4n) is 0.996. The summed E-state index contributed by atoms with van der Waals surface area (Å²) in [5.41, 5.74) is -0.895. The van der Waals surface area contributed by atoms with E-state index in [0.717, 1.165) is 6.20 Å². The molecule has 1 rings (SSSR count). The third kappa shape index (κ3) is 2.68. The third-order valence-electron chi connectivity index (χ3n) is 1.63. The fraction of sp³-hybridized carbons (Fsp3) is 0.250. The highest BCUT2D eigenvalue weighted by Gasteiger charge is 2.21. The molecule has 0 radical (unpaired) electrons. The molecule has 0 bridgehead atoms. The molecule has 0 aliphatic heterocycles. The topological polar surface area (TPSA) is 50.2 Å². The van der Waals surface area contributed by atoms with Crippen LogP contribution in [-0.4, -0.2) is 16.1 Å². The fourth-order valence-corrected chi connectivity index (χ4v) is 1.58. The van der Waals surface area contributed by atoms with Crippen molar-refractivity contribution in [2.75, 3.05) is 0 Å². The molecule has 1 aromatic rings. The van der Waals surface area contributed by atoms with Crippen LogP contribution in [0, 0.1) is 5.95 Å². The number of hydrogen-bond acceptors (Lipinski definition) is 2. The lowest BCUT2D eigenvalue weighted by molar-refractivity contribution is -0.136. The molecular formula is C8H5BrF3NO2. The van der Waals surface area contributed by atoms with E-state index in [1.54, 1.807) is 0 Å². The van der Waals surface area contributed by atoms with Crippen molar-refractivity contribution in [3.63, 3.8) is 0 Å². The minimum absolute atomic E-state index is 0.0131. The Morgan fingerprint density at radius 3 is 2.67 bits per heavy atom. The van der Waals surface area contributed by atoms with Gasteiger partial charge in [-0.3, -0.25) is 4.79 Å². The van der Waals surface area contributed by atoms with Crippen molar-refractivity contribution in [1.82, 2.24) is 4.98 Å². The molecule has 3 nitrogen and oxygen atoms in total. The van der Waals surface area contributed by atoms with Gasteiger partial charge in [0.2, 0.25) is 5.95 Å². The van der Waals surface area contributed by atoms with Crippen LogP contribution in [-0.2, 0) is 11.2 Å². The number of hydrogen-bond donors (Lipinski definition) is 1. The van der Waals surface area contributed by atoms with E-state index < -0.39 is 30.3 Å². The summed E-state index contributed by atoms with van der Waals surface area (Å²) in [6.45, 7) is 0. The zero-order valence-corrected chi connectivity index (χ0v) is 8.76.